The molecule has 0 saturated carbocycles. The summed E-state index contributed by atoms with van der Waals surface area (Å²) < 4.78 is 0. The lowest BCUT2D eigenvalue weighted by molar-refractivity contribution is -0.384. The van der Waals surface area contributed by atoms with Crippen molar-refractivity contribution in [2.24, 2.45) is 5.92 Å². The molecule has 1 aliphatic rings. The van der Waals surface area contributed by atoms with Gasteiger partial charge in [0.15, 0.2) is 0 Å². The van der Waals surface area contributed by atoms with E-state index in [1.807, 2.05) is 11.8 Å². The van der Waals surface area contributed by atoms with E-state index in [-0.39, 0.29) is 17.3 Å². The largest absolute Gasteiger partial charge is 0.478 e. The molecule has 20 heavy (non-hydrogen) atoms. The molecule has 2 atom stereocenters. The molecule has 1 heterocycles. The number of hydrogen-bond acceptors (Lipinski definition) is 4. The first kappa shape index (κ1) is 14.3. The molecule has 0 radical (unpaired) electrons. The summed E-state index contributed by atoms with van der Waals surface area (Å²) in [7, 11) is 0. The van der Waals surface area contributed by atoms with Crippen LogP contribution in [0.5, 0.6) is 0 Å². The van der Waals surface area contributed by atoms with Crippen molar-refractivity contribution in [3.05, 3.63) is 33.9 Å². The van der Waals surface area contributed by atoms with E-state index in [1.165, 1.54) is 18.2 Å². The fraction of sp³-hybridized carbons (Fsp3) is 0.500. The van der Waals surface area contributed by atoms with Gasteiger partial charge in [-0.2, -0.15) is 0 Å². The third kappa shape index (κ3) is 2.74. The highest BCUT2D eigenvalue weighted by Crippen LogP contribution is 2.35. The fourth-order valence-corrected chi connectivity index (χ4v) is 2.81. The topological polar surface area (TPSA) is 83.7 Å². The highest BCUT2D eigenvalue weighted by Gasteiger charge is 2.28. The van der Waals surface area contributed by atoms with Gasteiger partial charge in [-0.05, 0) is 37.8 Å². The van der Waals surface area contributed by atoms with Crippen LogP contribution in [0.1, 0.15) is 37.0 Å². The molecule has 1 N–H and O–H groups in total. The van der Waals surface area contributed by atoms with E-state index >= 15 is 0 Å². The van der Waals surface area contributed by atoms with E-state index in [9.17, 15) is 14.9 Å². The Morgan fingerprint density at radius 2 is 2.15 bits per heavy atom. The lowest BCUT2D eigenvalue weighted by atomic mass is 9.92. The number of aromatic carboxylic acids is 1. The number of nitro groups is 1. The van der Waals surface area contributed by atoms with Gasteiger partial charge in [0.2, 0.25) is 0 Å². The van der Waals surface area contributed by atoms with Crippen LogP contribution in [0.2, 0.25) is 0 Å². The maximum atomic E-state index is 11.1. The van der Waals surface area contributed by atoms with Crippen LogP contribution in [-0.4, -0.2) is 28.6 Å². The van der Waals surface area contributed by atoms with Crippen LogP contribution in [0.15, 0.2) is 18.2 Å². The number of nitrogens with zero attached hydrogens (tertiary/aromatic N) is 2. The second kappa shape index (κ2) is 5.48. The minimum Gasteiger partial charge on any atom is -0.478 e. The lowest BCUT2D eigenvalue weighted by Crippen LogP contribution is -2.40. The number of hydrogen-bond donors (Lipinski definition) is 1. The number of carboxylic acids is 1. The van der Waals surface area contributed by atoms with Crippen LogP contribution in [0.4, 0.5) is 11.4 Å². The van der Waals surface area contributed by atoms with E-state index < -0.39 is 10.9 Å². The Bertz CT molecular complexity index is 544. The van der Waals surface area contributed by atoms with Crippen molar-refractivity contribution >= 4 is 17.3 Å². The number of carbonyl (C=O) groups is 1. The minimum atomic E-state index is -1.07. The Kier molecular flexibility index (Phi) is 3.92. The van der Waals surface area contributed by atoms with E-state index in [4.69, 9.17) is 5.11 Å². The summed E-state index contributed by atoms with van der Waals surface area (Å²) >= 11 is 0. The molecule has 0 spiro atoms. The van der Waals surface area contributed by atoms with Crippen LogP contribution in [0.25, 0.3) is 0 Å². The molecule has 6 heteroatoms. The van der Waals surface area contributed by atoms with E-state index in [0.29, 0.717) is 18.2 Å². The molecule has 0 amide bonds. The van der Waals surface area contributed by atoms with Crippen molar-refractivity contribution in [3.8, 4) is 0 Å². The summed E-state index contributed by atoms with van der Waals surface area (Å²) in [4.78, 5) is 23.7. The molecular formula is C14H18N2O4. The van der Waals surface area contributed by atoms with Crippen LogP contribution < -0.4 is 4.90 Å². The van der Waals surface area contributed by atoms with Crippen LogP contribution >= 0.6 is 0 Å². The highest BCUT2D eigenvalue weighted by molar-refractivity contribution is 5.90. The third-order valence-electron chi connectivity index (χ3n) is 3.87. The second-order valence-electron chi connectivity index (χ2n) is 5.44. The van der Waals surface area contributed by atoms with Gasteiger partial charge in [-0.25, -0.2) is 4.79 Å². The lowest BCUT2D eigenvalue weighted by Gasteiger charge is -2.38. The number of carboxylic acid groups (broad SMARTS) is 1. The summed E-state index contributed by atoms with van der Waals surface area (Å²) in [5.41, 5.74) is 0.460. The molecule has 1 saturated heterocycles. The SMILES string of the molecule is CC1CCN(c2cc(C(=O)O)ccc2[N+](=O)[O-])C(C)C1. The maximum absolute atomic E-state index is 11.1. The van der Waals surface area contributed by atoms with Crippen molar-refractivity contribution in [1.82, 2.24) is 0 Å². The van der Waals surface area contributed by atoms with E-state index in [0.717, 1.165) is 12.8 Å². The molecule has 1 fully saturated rings. The molecule has 2 unspecified atom stereocenters. The number of piperidine rings is 1. The zero-order valence-electron chi connectivity index (χ0n) is 11.6. The Labute approximate surface area is 117 Å². The molecule has 108 valence electrons. The molecule has 1 aromatic rings. The molecule has 1 aliphatic heterocycles. The van der Waals surface area contributed by atoms with E-state index in [1.54, 1.807) is 0 Å². The standard InChI is InChI=1S/C14H18N2O4/c1-9-5-6-15(10(2)7-9)13-8-11(14(17)18)3-4-12(13)16(19)20/h3-4,8-10H,5-7H2,1-2H3,(H,17,18). The fourth-order valence-electron chi connectivity index (χ4n) is 2.81. The van der Waals surface area contributed by atoms with Gasteiger partial charge < -0.3 is 10.0 Å². The smallest absolute Gasteiger partial charge is 0.335 e. The first-order valence-corrected chi connectivity index (χ1v) is 6.68. The van der Waals surface area contributed by atoms with Crippen molar-refractivity contribution in [2.75, 3.05) is 11.4 Å². The third-order valence-corrected chi connectivity index (χ3v) is 3.87. The Morgan fingerprint density at radius 1 is 1.45 bits per heavy atom. The predicted molar refractivity (Wildman–Crippen MR) is 75.3 cm³/mol. The van der Waals surface area contributed by atoms with Gasteiger partial charge in [0.1, 0.15) is 5.69 Å². The number of anilines is 1. The van der Waals surface area contributed by atoms with Crippen molar-refractivity contribution in [1.29, 1.82) is 0 Å². The first-order valence-electron chi connectivity index (χ1n) is 6.68. The van der Waals surface area contributed by atoms with Crippen molar-refractivity contribution in [2.45, 2.75) is 32.7 Å². The minimum absolute atomic E-state index is 0.0311. The number of nitro benzene ring substituents is 1. The van der Waals surface area contributed by atoms with Gasteiger partial charge in [0.25, 0.3) is 5.69 Å². The summed E-state index contributed by atoms with van der Waals surface area (Å²) in [5.74, 6) is -0.484. The molecule has 2 rings (SSSR count). The molecular weight excluding hydrogens is 260 g/mol. The average Bonchev–Trinajstić information content (AvgIpc) is 2.37. The monoisotopic (exact) mass is 278 g/mol. The summed E-state index contributed by atoms with van der Waals surface area (Å²) in [6.07, 6.45) is 1.91. The number of benzene rings is 1. The number of rotatable bonds is 3. The first-order chi connectivity index (χ1) is 9.40. The quantitative estimate of drug-likeness (QED) is 0.679. The molecule has 1 aromatic carbocycles. The average molecular weight is 278 g/mol. The van der Waals surface area contributed by atoms with Gasteiger partial charge >= 0.3 is 5.97 Å². The van der Waals surface area contributed by atoms with Crippen LogP contribution in [0, 0.1) is 16.0 Å². The predicted octanol–water partition coefficient (Wildman–Crippen LogP) is 2.92. The van der Waals surface area contributed by atoms with Gasteiger partial charge in [-0.15, -0.1) is 0 Å². The summed E-state index contributed by atoms with van der Waals surface area (Å²) in [5, 5.41) is 20.2. The molecule has 0 aliphatic carbocycles. The van der Waals surface area contributed by atoms with Gasteiger partial charge in [0.05, 0.1) is 10.5 Å². The van der Waals surface area contributed by atoms with Crippen molar-refractivity contribution < 1.29 is 14.8 Å². The Morgan fingerprint density at radius 3 is 2.70 bits per heavy atom. The Hall–Kier alpha value is -2.11. The van der Waals surface area contributed by atoms with Crippen molar-refractivity contribution in [3.63, 3.8) is 0 Å². The second-order valence-corrected chi connectivity index (χ2v) is 5.44. The molecule has 0 aromatic heterocycles. The molecule has 6 nitrogen and oxygen atoms in total. The maximum Gasteiger partial charge on any atom is 0.335 e. The zero-order chi connectivity index (χ0) is 14.9. The Balaban J connectivity index is 2.44. The van der Waals surface area contributed by atoms with E-state index in [2.05, 4.69) is 6.92 Å². The summed E-state index contributed by atoms with van der Waals surface area (Å²) in [6, 6.07) is 4.14. The van der Waals surface area contributed by atoms with Gasteiger partial charge in [-0.1, -0.05) is 6.92 Å². The highest BCUT2D eigenvalue weighted by atomic mass is 16.6. The van der Waals surface area contributed by atoms with Gasteiger partial charge in [0, 0.05) is 18.7 Å². The normalized spacial score (nSPS) is 22.6. The van der Waals surface area contributed by atoms with Gasteiger partial charge in [-0.3, -0.25) is 10.1 Å². The molecule has 0 bridgehead atoms. The van der Waals surface area contributed by atoms with Crippen LogP contribution in [0.3, 0.4) is 0 Å². The summed E-state index contributed by atoms with van der Waals surface area (Å²) in [6.45, 7) is 4.90. The van der Waals surface area contributed by atoms with Crippen LogP contribution in [-0.2, 0) is 0 Å². The zero-order valence-corrected chi connectivity index (χ0v) is 11.6.